The molecule has 0 atom stereocenters. The first-order valence-electron chi connectivity index (χ1n) is 7.91. The van der Waals surface area contributed by atoms with Crippen LogP contribution in [0.15, 0.2) is 24.8 Å². The number of imidazole rings is 2. The van der Waals surface area contributed by atoms with E-state index in [1.807, 2.05) is 24.8 Å². The number of hydrogen-bond acceptors (Lipinski definition) is 2. The highest BCUT2D eigenvalue weighted by molar-refractivity contribution is 4.87. The molecule has 0 saturated heterocycles. The molecular weight excluding hydrogens is 248 g/mol. The zero-order valence-electron chi connectivity index (χ0n) is 12.3. The van der Waals surface area contributed by atoms with E-state index in [0.717, 1.165) is 24.5 Å². The number of aromatic nitrogens is 4. The van der Waals surface area contributed by atoms with Gasteiger partial charge in [0.15, 0.2) is 0 Å². The Balaban J connectivity index is 1.33. The van der Waals surface area contributed by atoms with Crippen LogP contribution in [0.4, 0.5) is 0 Å². The zero-order valence-corrected chi connectivity index (χ0v) is 12.3. The lowest BCUT2D eigenvalue weighted by Crippen LogP contribution is -1.89. The van der Waals surface area contributed by atoms with Crippen LogP contribution in [0.1, 0.15) is 63.0 Å². The van der Waals surface area contributed by atoms with Crippen molar-refractivity contribution in [2.45, 2.75) is 64.2 Å². The Kier molecular flexibility index (Phi) is 6.92. The molecule has 0 bridgehead atoms. The summed E-state index contributed by atoms with van der Waals surface area (Å²) in [6.07, 6.45) is 20.3. The normalized spacial score (nSPS) is 11.0. The minimum absolute atomic E-state index is 1.09. The Morgan fingerprint density at radius 1 is 0.600 bits per heavy atom. The Bertz CT molecular complexity index is 377. The molecule has 2 heterocycles. The fraction of sp³-hybridized carbons (Fsp3) is 0.625. The second-order valence-corrected chi connectivity index (χ2v) is 5.40. The molecule has 20 heavy (non-hydrogen) atoms. The third-order valence-electron chi connectivity index (χ3n) is 3.69. The lowest BCUT2D eigenvalue weighted by Gasteiger charge is -2.01. The fourth-order valence-corrected chi connectivity index (χ4v) is 2.51. The third kappa shape index (κ3) is 6.04. The Hall–Kier alpha value is -1.58. The summed E-state index contributed by atoms with van der Waals surface area (Å²) in [5, 5.41) is 0. The minimum Gasteiger partial charge on any atom is -0.349 e. The summed E-state index contributed by atoms with van der Waals surface area (Å²) in [7, 11) is 0. The van der Waals surface area contributed by atoms with E-state index < -0.39 is 0 Å². The molecule has 0 amide bonds. The van der Waals surface area contributed by atoms with E-state index in [1.54, 1.807) is 0 Å². The molecule has 0 saturated carbocycles. The predicted molar refractivity (Wildman–Crippen MR) is 81.5 cm³/mol. The van der Waals surface area contributed by atoms with Gasteiger partial charge in [-0.2, -0.15) is 0 Å². The molecule has 2 N–H and O–H groups in total. The largest absolute Gasteiger partial charge is 0.349 e. The van der Waals surface area contributed by atoms with E-state index in [2.05, 4.69) is 19.9 Å². The van der Waals surface area contributed by atoms with E-state index in [4.69, 9.17) is 0 Å². The van der Waals surface area contributed by atoms with Gasteiger partial charge in [0.25, 0.3) is 0 Å². The van der Waals surface area contributed by atoms with Crippen molar-refractivity contribution in [3.05, 3.63) is 36.4 Å². The number of aromatic amines is 2. The number of H-pyrrole nitrogens is 2. The second kappa shape index (κ2) is 9.34. The first-order chi connectivity index (χ1) is 9.95. The summed E-state index contributed by atoms with van der Waals surface area (Å²) in [5.41, 5.74) is 0. The topological polar surface area (TPSA) is 57.4 Å². The molecule has 4 nitrogen and oxygen atoms in total. The van der Waals surface area contributed by atoms with E-state index in [1.165, 1.54) is 51.4 Å². The van der Waals surface area contributed by atoms with Crippen molar-refractivity contribution in [1.82, 2.24) is 19.9 Å². The lowest BCUT2D eigenvalue weighted by molar-refractivity contribution is 0.563. The van der Waals surface area contributed by atoms with Gasteiger partial charge in [-0.25, -0.2) is 9.97 Å². The average Bonchev–Trinajstić information content (AvgIpc) is 3.14. The van der Waals surface area contributed by atoms with Crippen LogP contribution in [0, 0.1) is 0 Å². The van der Waals surface area contributed by atoms with Crippen LogP contribution < -0.4 is 0 Å². The molecule has 0 radical (unpaired) electrons. The van der Waals surface area contributed by atoms with Gasteiger partial charge in [-0.15, -0.1) is 0 Å². The number of nitrogens with zero attached hydrogens (tertiary/aromatic N) is 2. The maximum Gasteiger partial charge on any atom is 0.105 e. The highest BCUT2D eigenvalue weighted by atomic mass is 14.9. The standard InChI is InChI=1S/C16H26N4/c1(3-5-7-9-15-17-11-12-18-15)2-4-6-8-10-16-19-13-14-20-16/h11-14H,1-10H2,(H,17,18)(H,19,20). The van der Waals surface area contributed by atoms with Gasteiger partial charge in [0.1, 0.15) is 11.6 Å². The van der Waals surface area contributed by atoms with Crippen LogP contribution in [0.2, 0.25) is 0 Å². The second-order valence-electron chi connectivity index (χ2n) is 5.40. The highest BCUT2D eigenvalue weighted by Gasteiger charge is 1.97. The quantitative estimate of drug-likeness (QED) is 0.608. The monoisotopic (exact) mass is 274 g/mol. The van der Waals surface area contributed by atoms with E-state index in [9.17, 15) is 0 Å². The van der Waals surface area contributed by atoms with Crippen molar-refractivity contribution in [2.24, 2.45) is 0 Å². The molecule has 110 valence electrons. The molecule has 2 aromatic heterocycles. The lowest BCUT2D eigenvalue weighted by atomic mass is 10.1. The molecule has 4 heteroatoms. The summed E-state index contributed by atoms with van der Waals surface area (Å²) in [6.45, 7) is 0. The molecule has 0 aliphatic heterocycles. The van der Waals surface area contributed by atoms with Gasteiger partial charge >= 0.3 is 0 Å². The summed E-state index contributed by atoms with van der Waals surface area (Å²) in [6, 6.07) is 0. The first kappa shape index (κ1) is 14.8. The molecule has 2 rings (SSSR count). The molecular formula is C16H26N4. The van der Waals surface area contributed by atoms with Gasteiger partial charge < -0.3 is 9.97 Å². The molecule has 0 spiro atoms. The van der Waals surface area contributed by atoms with Crippen LogP contribution in [0.3, 0.4) is 0 Å². The van der Waals surface area contributed by atoms with Crippen LogP contribution in [-0.4, -0.2) is 19.9 Å². The highest BCUT2D eigenvalue weighted by Crippen LogP contribution is 2.11. The molecule has 0 unspecified atom stereocenters. The summed E-state index contributed by atoms with van der Waals surface area (Å²) in [4.78, 5) is 14.8. The van der Waals surface area contributed by atoms with Gasteiger partial charge in [-0.3, -0.25) is 0 Å². The minimum atomic E-state index is 1.09. The van der Waals surface area contributed by atoms with Crippen LogP contribution in [0.5, 0.6) is 0 Å². The van der Waals surface area contributed by atoms with Gasteiger partial charge in [0.2, 0.25) is 0 Å². The van der Waals surface area contributed by atoms with Crippen molar-refractivity contribution < 1.29 is 0 Å². The Labute approximate surface area is 121 Å². The summed E-state index contributed by atoms with van der Waals surface area (Å²) < 4.78 is 0. The SMILES string of the molecule is c1c[nH]c(CCCCCCCCCCc2ncc[nH]2)n1. The third-order valence-corrected chi connectivity index (χ3v) is 3.69. The number of hydrogen-bond donors (Lipinski definition) is 2. The van der Waals surface area contributed by atoms with Crippen LogP contribution in [-0.2, 0) is 12.8 Å². The van der Waals surface area contributed by atoms with Crippen molar-refractivity contribution in [2.75, 3.05) is 0 Å². The molecule has 0 aliphatic carbocycles. The average molecular weight is 274 g/mol. The Morgan fingerprint density at radius 3 is 1.35 bits per heavy atom. The van der Waals surface area contributed by atoms with E-state index in [-0.39, 0.29) is 0 Å². The summed E-state index contributed by atoms with van der Waals surface area (Å²) >= 11 is 0. The first-order valence-corrected chi connectivity index (χ1v) is 7.91. The zero-order chi connectivity index (χ0) is 13.9. The number of unbranched alkanes of at least 4 members (excludes halogenated alkanes) is 7. The molecule has 0 aromatic carbocycles. The number of rotatable bonds is 11. The molecule has 0 aliphatic rings. The maximum atomic E-state index is 4.24. The number of aryl methyl sites for hydroxylation is 2. The fourth-order valence-electron chi connectivity index (χ4n) is 2.51. The summed E-state index contributed by atoms with van der Waals surface area (Å²) in [5.74, 6) is 2.26. The van der Waals surface area contributed by atoms with Crippen molar-refractivity contribution in [3.8, 4) is 0 Å². The van der Waals surface area contributed by atoms with Gasteiger partial charge in [-0.1, -0.05) is 38.5 Å². The van der Waals surface area contributed by atoms with Crippen LogP contribution >= 0.6 is 0 Å². The van der Waals surface area contributed by atoms with Crippen molar-refractivity contribution >= 4 is 0 Å². The van der Waals surface area contributed by atoms with Crippen LogP contribution in [0.25, 0.3) is 0 Å². The van der Waals surface area contributed by atoms with Gasteiger partial charge in [0.05, 0.1) is 0 Å². The van der Waals surface area contributed by atoms with E-state index >= 15 is 0 Å². The number of nitrogens with one attached hydrogen (secondary N) is 2. The van der Waals surface area contributed by atoms with E-state index in [0.29, 0.717) is 0 Å². The van der Waals surface area contributed by atoms with Crippen molar-refractivity contribution in [1.29, 1.82) is 0 Å². The van der Waals surface area contributed by atoms with Crippen molar-refractivity contribution in [3.63, 3.8) is 0 Å². The maximum absolute atomic E-state index is 4.24. The Morgan fingerprint density at radius 2 is 1.00 bits per heavy atom. The predicted octanol–water partition coefficient (Wildman–Crippen LogP) is 4.04. The van der Waals surface area contributed by atoms with Gasteiger partial charge in [-0.05, 0) is 12.8 Å². The molecule has 2 aromatic rings. The molecule has 0 fully saturated rings. The van der Waals surface area contributed by atoms with Gasteiger partial charge in [0, 0.05) is 37.6 Å². The smallest absolute Gasteiger partial charge is 0.105 e.